The molecule has 1 aromatic heterocycles. The number of amides is 1. The van der Waals surface area contributed by atoms with Crippen molar-refractivity contribution in [2.75, 3.05) is 0 Å². The second-order valence-electron chi connectivity index (χ2n) is 6.63. The number of imidazole rings is 1. The molecule has 1 N–H and O–H groups in total. The fourth-order valence-corrected chi connectivity index (χ4v) is 3.06. The van der Waals surface area contributed by atoms with E-state index in [0.717, 1.165) is 25.2 Å². The molecule has 6 heteroatoms. The molecule has 2 heterocycles. The van der Waals surface area contributed by atoms with E-state index in [-0.39, 0.29) is 17.9 Å². The number of aromatic nitrogens is 2. The van der Waals surface area contributed by atoms with E-state index in [1.807, 2.05) is 20.0 Å². The Bertz CT molecular complexity index is 791. The fraction of sp³-hybridized carbons (Fsp3) is 0.421. The Morgan fingerprint density at radius 1 is 1.44 bits per heavy atom. The lowest BCUT2D eigenvalue weighted by Crippen LogP contribution is -2.48. The quantitative estimate of drug-likeness (QED) is 0.907. The van der Waals surface area contributed by atoms with E-state index in [1.54, 1.807) is 30.5 Å². The average Bonchev–Trinajstić information content (AvgIpc) is 3.07. The Morgan fingerprint density at radius 2 is 2.24 bits per heavy atom. The van der Waals surface area contributed by atoms with E-state index in [9.17, 15) is 10.1 Å². The van der Waals surface area contributed by atoms with Gasteiger partial charge in [0.15, 0.2) is 6.10 Å². The monoisotopic (exact) mass is 338 g/mol. The van der Waals surface area contributed by atoms with Crippen LogP contribution in [0.3, 0.4) is 0 Å². The second-order valence-corrected chi connectivity index (χ2v) is 6.63. The summed E-state index contributed by atoms with van der Waals surface area (Å²) in [7, 11) is 0. The lowest BCUT2D eigenvalue weighted by Gasteiger charge is -2.28. The third-order valence-electron chi connectivity index (χ3n) is 4.41. The summed E-state index contributed by atoms with van der Waals surface area (Å²) < 4.78 is 7.98. The summed E-state index contributed by atoms with van der Waals surface area (Å²) in [6, 6.07) is 9.15. The molecule has 1 aliphatic rings. The number of ether oxygens (including phenoxy) is 1. The van der Waals surface area contributed by atoms with Crippen molar-refractivity contribution in [3.8, 4) is 11.8 Å². The number of carbonyl (C=O) groups excluding carboxylic acids is 1. The Morgan fingerprint density at radius 3 is 3.00 bits per heavy atom. The molecule has 0 spiro atoms. The van der Waals surface area contributed by atoms with Crippen molar-refractivity contribution in [2.45, 2.75) is 45.4 Å². The molecular formula is C19H22N4O2. The molecule has 6 nitrogen and oxygen atoms in total. The first-order chi connectivity index (χ1) is 12.1. The van der Waals surface area contributed by atoms with Crippen molar-refractivity contribution in [2.24, 2.45) is 5.92 Å². The fourth-order valence-electron chi connectivity index (χ4n) is 3.06. The number of hydrogen-bond acceptors (Lipinski definition) is 4. The van der Waals surface area contributed by atoms with Crippen LogP contribution in [0, 0.1) is 17.2 Å². The predicted molar refractivity (Wildman–Crippen MR) is 92.9 cm³/mol. The first kappa shape index (κ1) is 17.0. The van der Waals surface area contributed by atoms with Crippen LogP contribution in [-0.2, 0) is 17.8 Å². The molecule has 0 aliphatic carbocycles. The molecule has 0 saturated heterocycles. The molecule has 0 saturated carbocycles. The zero-order valence-electron chi connectivity index (χ0n) is 14.5. The van der Waals surface area contributed by atoms with Gasteiger partial charge in [0.05, 0.1) is 5.56 Å². The number of nitrogens with zero attached hydrogens (tertiary/aromatic N) is 3. The molecule has 25 heavy (non-hydrogen) atoms. The highest BCUT2D eigenvalue weighted by atomic mass is 16.5. The molecule has 1 amide bonds. The van der Waals surface area contributed by atoms with Gasteiger partial charge < -0.3 is 14.6 Å². The average molecular weight is 338 g/mol. The topological polar surface area (TPSA) is 79.9 Å². The Hall–Kier alpha value is -2.81. The number of fused-ring (bicyclic) bond motifs is 1. The number of benzene rings is 1. The van der Waals surface area contributed by atoms with Crippen molar-refractivity contribution in [1.82, 2.24) is 14.9 Å². The standard InChI is InChI=1S/C19H22N4O2/c1-13(2)18(25-16-6-4-3-5-14(16)11-20)19(24)22-15-7-8-17-21-9-10-23(17)12-15/h3-6,9-10,13,15,18H,7-8,12H2,1-2H3,(H,22,24)/t15-,18-/m0/s1. The molecule has 0 fully saturated rings. The van der Waals surface area contributed by atoms with Gasteiger partial charge in [-0.25, -0.2) is 4.98 Å². The van der Waals surface area contributed by atoms with Crippen LogP contribution in [0.1, 0.15) is 31.7 Å². The molecule has 1 aromatic carbocycles. The molecular weight excluding hydrogens is 316 g/mol. The zero-order valence-corrected chi connectivity index (χ0v) is 14.5. The number of rotatable bonds is 5. The first-order valence-corrected chi connectivity index (χ1v) is 8.54. The Balaban J connectivity index is 1.68. The van der Waals surface area contributed by atoms with Crippen LogP contribution in [0.25, 0.3) is 0 Å². The van der Waals surface area contributed by atoms with Gasteiger partial charge in [0.2, 0.25) is 0 Å². The third-order valence-corrected chi connectivity index (χ3v) is 4.41. The van der Waals surface area contributed by atoms with Gasteiger partial charge in [-0.2, -0.15) is 5.26 Å². The summed E-state index contributed by atoms with van der Waals surface area (Å²) >= 11 is 0. The van der Waals surface area contributed by atoms with Crippen LogP contribution in [0.5, 0.6) is 5.75 Å². The lowest BCUT2D eigenvalue weighted by atomic mass is 10.0. The van der Waals surface area contributed by atoms with Crippen molar-refractivity contribution in [3.05, 3.63) is 48.0 Å². The second kappa shape index (κ2) is 7.39. The van der Waals surface area contributed by atoms with E-state index in [2.05, 4.69) is 20.9 Å². The highest BCUT2D eigenvalue weighted by molar-refractivity contribution is 5.81. The van der Waals surface area contributed by atoms with E-state index >= 15 is 0 Å². The van der Waals surface area contributed by atoms with Gasteiger partial charge in [-0.05, 0) is 24.5 Å². The molecule has 130 valence electrons. The highest BCUT2D eigenvalue weighted by Crippen LogP contribution is 2.21. The highest BCUT2D eigenvalue weighted by Gasteiger charge is 2.28. The van der Waals surface area contributed by atoms with Gasteiger partial charge in [0, 0.05) is 31.4 Å². The van der Waals surface area contributed by atoms with Gasteiger partial charge in [-0.3, -0.25) is 4.79 Å². The lowest BCUT2D eigenvalue weighted by molar-refractivity contribution is -0.130. The molecule has 2 atom stereocenters. The number of aryl methyl sites for hydroxylation is 1. The van der Waals surface area contributed by atoms with Crippen LogP contribution < -0.4 is 10.1 Å². The molecule has 2 aromatic rings. The zero-order chi connectivity index (χ0) is 17.8. The SMILES string of the molecule is CC(C)[C@H](Oc1ccccc1C#N)C(=O)N[C@H]1CCc2nccn2C1. The molecule has 0 bridgehead atoms. The summed E-state index contributed by atoms with van der Waals surface area (Å²) in [5.41, 5.74) is 0.432. The van der Waals surface area contributed by atoms with Crippen molar-refractivity contribution in [3.63, 3.8) is 0 Å². The summed E-state index contributed by atoms with van der Waals surface area (Å²) in [6.45, 7) is 4.60. The number of hydrogen-bond donors (Lipinski definition) is 1. The van der Waals surface area contributed by atoms with E-state index in [1.165, 1.54) is 0 Å². The maximum Gasteiger partial charge on any atom is 0.261 e. The number of nitriles is 1. The minimum Gasteiger partial charge on any atom is -0.479 e. The molecule has 0 radical (unpaired) electrons. The van der Waals surface area contributed by atoms with Crippen LogP contribution in [0.15, 0.2) is 36.7 Å². The largest absolute Gasteiger partial charge is 0.479 e. The third kappa shape index (κ3) is 3.82. The van der Waals surface area contributed by atoms with E-state index in [0.29, 0.717) is 11.3 Å². The predicted octanol–water partition coefficient (Wildman–Crippen LogP) is 2.29. The van der Waals surface area contributed by atoms with Gasteiger partial charge in [-0.15, -0.1) is 0 Å². The van der Waals surface area contributed by atoms with Crippen molar-refractivity contribution >= 4 is 5.91 Å². The summed E-state index contributed by atoms with van der Waals surface area (Å²) in [5.74, 6) is 1.35. The summed E-state index contributed by atoms with van der Waals surface area (Å²) in [4.78, 5) is 17.1. The Kier molecular flexibility index (Phi) is 5.03. The number of carbonyl (C=O) groups is 1. The van der Waals surface area contributed by atoms with Crippen LogP contribution >= 0.6 is 0 Å². The molecule has 3 rings (SSSR count). The van der Waals surface area contributed by atoms with Crippen molar-refractivity contribution in [1.29, 1.82) is 5.26 Å². The molecule has 0 unspecified atom stereocenters. The first-order valence-electron chi connectivity index (χ1n) is 8.54. The van der Waals surface area contributed by atoms with Gasteiger partial charge in [0.25, 0.3) is 5.91 Å². The van der Waals surface area contributed by atoms with Crippen LogP contribution in [0.2, 0.25) is 0 Å². The minimum absolute atomic E-state index is 0.0147. The van der Waals surface area contributed by atoms with Gasteiger partial charge >= 0.3 is 0 Å². The van der Waals surface area contributed by atoms with Crippen LogP contribution in [-0.4, -0.2) is 27.6 Å². The summed E-state index contributed by atoms with van der Waals surface area (Å²) in [6.07, 6.45) is 4.80. The minimum atomic E-state index is -0.640. The number of para-hydroxylation sites is 1. The van der Waals surface area contributed by atoms with Gasteiger partial charge in [-0.1, -0.05) is 26.0 Å². The maximum absolute atomic E-state index is 12.8. The van der Waals surface area contributed by atoms with E-state index in [4.69, 9.17) is 4.74 Å². The summed E-state index contributed by atoms with van der Waals surface area (Å²) in [5, 5.41) is 12.3. The normalized spacial score (nSPS) is 17.4. The molecule has 1 aliphatic heterocycles. The van der Waals surface area contributed by atoms with E-state index < -0.39 is 6.10 Å². The number of nitrogens with one attached hydrogen (secondary N) is 1. The smallest absolute Gasteiger partial charge is 0.261 e. The van der Waals surface area contributed by atoms with Gasteiger partial charge in [0.1, 0.15) is 17.6 Å². The maximum atomic E-state index is 12.8. The van der Waals surface area contributed by atoms with Crippen molar-refractivity contribution < 1.29 is 9.53 Å². The Labute approximate surface area is 147 Å². The van der Waals surface area contributed by atoms with Crippen LogP contribution in [0.4, 0.5) is 0 Å².